The minimum absolute atomic E-state index is 0.102. The lowest BCUT2D eigenvalue weighted by Gasteiger charge is -2.14. The molecule has 0 saturated heterocycles. The van der Waals surface area contributed by atoms with Crippen LogP contribution in [0, 0.1) is 13.8 Å². The van der Waals surface area contributed by atoms with Gasteiger partial charge in [-0.15, -0.1) is 0 Å². The lowest BCUT2D eigenvalue weighted by Crippen LogP contribution is -2.21. The second-order valence-corrected chi connectivity index (χ2v) is 7.34. The number of nitrogens with zero attached hydrogens (tertiary/aromatic N) is 2. The van der Waals surface area contributed by atoms with Crippen molar-refractivity contribution in [2.24, 2.45) is 0 Å². The van der Waals surface area contributed by atoms with Crippen LogP contribution in [0.2, 0.25) is 0 Å². The lowest BCUT2D eigenvalue weighted by atomic mass is 10.0. The van der Waals surface area contributed by atoms with Gasteiger partial charge in [-0.05, 0) is 43.7 Å². The van der Waals surface area contributed by atoms with Crippen molar-refractivity contribution in [3.8, 4) is 5.75 Å². The molecule has 0 aliphatic heterocycles. The fourth-order valence-corrected chi connectivity index (χ4v) is 3.51. The van der Waals surface area contributed by atoms with Crippen LogP contribution in [0.3, 0.4) is 0 Å². The van der Waals surface area contributed by atoms with E-state index in [0.29, 0.717) is 28.9 Å². The van der Waals surface area contributed by atoms with Gasteiger partial charge in [-0.25, -0.2) is 4.98 Å². The second-order valence-electron chi connectivity index (χ2n) is 7.34. The number of fused-ring (bicyclic) bond motifs is 1. The van der Waals surface area contributed by atoms with E-state index in [0.717, 1.165) is 11.3 Å². The number of aromatic nitrogens is 2. The van der Waals surface area contributed by atoms with Gasteiger partial charge in [0.2, 0.25) is 11.2 Å². The maximum absolute atomic E-state index is 13.3. The topological polar surface area (TPSA) is 61.2 Å². The molecule has 2 heterocycles. The second kappa shape index (κ2) is 7.95. The van der Waals surface area contributed by atoms with Crippen molar-refractivity contribution < 1.29 is 9.53 Å². The minimum atomic E-state index is -0.363. The Hall–Kier alpha value is -3.73. The fraction of sp³-hybridized carbons (Fsp3) is 0.160. The Labute approximate surface area is 174 Å². The van der Waals surface area contributed by atoms with Crippen molar-refractivity contribution in [3.63, 3.8) is 0 Å². The molecule has 5 heteroatoms. The molecule has 0 aliphatic carbocycles. The molecule has 0 radical (unpaired) electrons. The predicted octanol–water partition coefficient (Wildman–Crippen LogP) is 4.30. The number of rotatable bonds is 5. The largest absolute Gasteiger partial charge is 0.496 e. The Morgan fingerprint density at radius 2 is 1.70 bits per heavy atom. The molecule has 2 aromatic heterocycles. The van der Waals surface area contributed by atoms with Crippen LogP contribution in [0.5, 0.6) is 5.75 Å². The Morgan fingerprint density at radius 3 is 2.43 bits per heavy atom. The van der Waals surface area contributed by atoms with Crippen LogP contribution in [0.4, 0.5) is 0 Å². The summed E-state index contributed by atoms with van der Waals surface area (Å²) in [6.07, 6.45) is 1.62. The molecule has 150 valence electrons. The Balaban J connectivity index is 1.91. The third-order valence-corrected chi connectivity index (χ3v) is 5.13. The van der Waals surface area contributed by atoms with E-state index in [2.05, 4.69) is 4.98 Å². The van der Waals surface area contributed by atoms with E-state index in [4.69, 9.17) is 4.74 Å². The summed E-state index contributed by atoms with van der Waals surface area (Å²) in [4.78, 5) is 31.1. The maximum Gasteiger partial charge on any atom is 0.202 e. The molecule has 4 aromatic rings. The first kappa shape index (κ1) is 19.6. The molecule has 2 aromatic carbocycles. The van der Waals surface area contributed by atoms with Crippen molar-refractivity contribution in [1.82, 2.24) is 9.55 Å². The number of benzene rings is 2. The highest BCUT2D eigenvalue weighted by Crippen LogP contribution is 2.22. The summed E-state index contributed by atoms with van der Waals surface area (Å²) < 4.78 is 7.20. The lowest BCUT2D eigenvalue weighted by molar-refractivity contribution is 0.103. The number of pyridine rings is 2. The van der Waals surface area contributed by atoms with Crippen molar-refractivity contribution in [2.75, 3.05) is 7.11 Å². The minimum Gasteiger partial charge on any atom is -0.496 e. The number of ether oxygens (including phenoxy) is 1. The van der Waals surface area contributed by atoms with E-state index in [1.807, 2.05) is 42.7 Å². The smallest absolute Gasteiger partial charge is 0.202 e. The number of methoxy groups -OCH3 is 1. The number of carbonyl (C=O) groups excluding carboxylic acids is 1. The van der Waals surface area contributed by atoms with Crippen LogP contribution in [-0.4, -0.2) is 22.4 Å². The molecule has 0 fully saturated rings. The summed E-state index contributed by atoms with van der Waals surface area (Å²) in [6.45, 7) is 4.42. The van der Waals surface area contributed by atoms with E-state index < -0.39 is 0 Å². The molecule has 0 N–H and O–H groups in total. The van der Waals surface area contributed by atoms with Crippen molar-refractivity contribution in [2.45, 2.75) is 20.4 Å². The molecule has 0 saturated carbocycles. The Kier molecular flexibility index (Phi) is 5.19. The van der Waals surface area contributed by atoms with E-state index in [1.165, 1.54) is 12.7 Å². The number of hydrogen-bond donors (Lipinski definition) is 0. The summed E-state index contributed by atoms with van der Waals surface area (Å²) in [6, 6.07) is 18.6. The summed E-state index contributed by atoms with van der Waals surface area (Å²) in [5, 5.41) is 0.424. The van der Waals surface area contributed by atoms with Gasteiger partial charge in [0.15, 0.2) is 0 Å². The maximum atomic E-state index is 13.3. The Morgan fingerprint density at radius 1 is 0.967 bits per heavy atom. The van der Waals surface area contributed by atoms with E-state index in [1.54, 1.807) is 42.6 Å². The molecule has 5 nitrogen and oxygen atoms in total. The van der Waals surface area contributed by atoms with Crippen LogP contribution in [0.1, 0.15) is 32.7 Å². The first-order valence-electron chi connectivity index (χ1n) is 9.72. The van der Waals surface area contributed by atoms with Crippen LogP contribution >= 0.6 is 0 Å². The zero-order valence-corrected chi connectivity index (χ0v) is 17.2. The molecule has 0 unspecified atom stereocenters. The number of ketones is 1. The van der Waals surface area contributed by atoms with Gasteiger partial charge >= 0.3 is 0 Å². The zero-order valence-electron chi connectivity index (χ0n) is 17.2. The molecular weight excluding hydrogens is 376 g/mol. The van der Waals surface area contributed by atoms with Gasteiger partial charge in [-0.1, -0.05) is 42.0 Å². The van der Waals surface area contributed by atoms with E-state index >= 15 is 0 Å². The highest BCUT2D eigenvalue weighted by molar-refractivity contribution is 6.11. The molecule has 30 heavy (non-hydrogen) atoms. The van der Waals surface area contributed by atoms with Gasteiger partial charge in [0.1, 0.15) is 11.4 Å². The monoisotopic (exact) mass is 398 g/mol. The molecular formula is C25H22N2O3. The van der Waals surface area contributed by atoms with Gasteiger partial charge in [0.05, 0.1) is 23.6 Å². The Bertz CT molecular complexity index is 1300. The highest BCUT2D eigenvalue weighted by Gasteiger charge is 2.20. The molecule has 4 rings (SSSR count). The molecule has 0 atom stereocenters. The van der Waals surface area contributed by atoms with Crippen LogP contribution in [0.15, 0.2) is 71.7 Å². The van der Waals surface area contributed by atoms with E-state index in [9.17, 15) is 9.59 Å². The third-order valence-electron chi connectivity index (χ3n) is 5.13. The SMILES string of the molecule is COc1ccccc1C(=O)c1cn(Cc2ccc(C)cc2)c2nc(C)ccc2c1=O. The third kappa shape index (κ3) is 3.62. The number of aryl methyl sites for hydroxylation is 2. The molecule has 0 spiro atoms. The average Bonchev–Trinajstić information content (AvgIpc) is 2.76. The molecule has 0 aliphatic rings. The summed E-state index contributed by atoms with van der Waals surface area (Å²) in [7, 11) is 1.51. The van der Waals surface area contributed by atoms with E-state index in [-0.39, 0.29) is 16.8 Å². The van der Waals surface area contributed by atoms with Crippen LogP contribution in [0.25, 0.3) is 11.0 Å². The molecule has 0 amide bonds. The number of para-hydroxylation sites is 1. The normalized spacial score (nSPS) is 10.9. The zero-order chi connectivity index (χ0) is 21.3. The first-order valence-corrected chi connectivity index (χ1v) is 9.72. The van der Waals surface area contributed by atoms with Crippen molar-refractivity contribution in [1.29, 1.82) is 0 Å². The summed E-state index contributed by atoms with van der Waals surface area (Å²) in [5.74, 6) is 0.0756. The standard InChI is InChI=1S/C25H22N2O3/c1-16-8-11-18(12-9-16)14-27-15-21(23(28)19-6-4-5-7-22(19)30-3)24(29)20-13-10-17(2)26-25(20)27/h4-13,15H,14H2,1-3H3. The highest BCUT2D eigenvalue weighted by atomic mass is 16.5. The summed E-state index contributed by atoms with van der Waals surface area (Å²) in [5.41, 5.74) is 3.74. The fourth-order valence-electron chi connectivity index (χ4n) is 3.51. The van der Waals surface area contributed by atoms with Gasteiger partial charge in [0.25, 0.3) is 0 Å². The summed E-state index contributed by atoms with van der Waals surface area (Å²) >= 11 is 0. The number of hydrogen-bond acceptors (Lipinski definition) is 4. The number of carbonyl (C=O) groups is 1. The van der Waals surface area contributed by atoms with Crippen molar-refractivity contribution in [3.05, 3.63) is 105 Å². The van der Waals surface area contributed by atoms with Crippen LogP contribution in [-0.2, 0) is 6.54 Å². The average molecular weight is 398 g/mol. The van der Waals surface area contributed by atoms with Gasteiger partial charge in [-0.3, -0.25) is 9.59 Å². The van der Waals surface area contributed by atoms with Gasteiger partial charge in [0, 0.05) is 18.4 Å². The quantitative estimate of drug-likeness (QED) is 0.470. The first-order chi connectivity index (χ1) is 14.5. The molecule has 0 bridgehead atoms. The van der Waals surface area contributed by atoms with Crippen molar-refractivity contribution >= 4 is 16.8 Å². The van der Waals surface area contributed by atoms with Gasteiger partial charge < -0.3 is 9.30 Å². The predicted molar refractivity (Wildman–Crippen MR) is 117 cm³/mol. The van der Waals surface area contributed by atoms with Gasteiger partial charge in [-0.2, -0.15) is 0 Å². The van der Waals surface area contributed by atoms with Crippen LogP contribution < -0.4 is 10.2 Å².